The number of rotatable bonds is 3. The van der Waals surface area contributed by atoms with Crippen molar-refractivity contribution in [3.8, 4) is 11.5 Å². The van der Waals surface area contributed by atoms with Gasteiger partial charge in [0, 0.05) is 6.20 Å². The lowest BCUT2D eigenvalue weighted by molar-refractivity contribution is 0.102. The van der Waals surface area contributed by atoms with E-state index in [4.69, 9.17) is 4.74 Å². The predicted molar refractivity (Wildman–Crippen MR) is 58.9 cm³/mol. The van der Waals surface area contributed by atoms with E-state index in [-0.39, 0.29) is 17.1 Å². The molecule has 2 N–H and O–H groups in total. The number of carbonyl (C=O) groups excluding carboxylic acids is 1. The van der Waals surface area contributed by atoms with Gasteiger partial charge < -0.3 is 14.8 Å². The fourth-order valence-corrected chi connectivity index (χ4v) is 1.52. The number of hydrogen-bond donors (Lipinski definition) is 2. The van der Waals surface area contributed by atoms with Gasteiger partial charge in [0.1, 0.15) is 17.1 Å². The molecule has 2 aromatic rings. The first-order valence-corrected chi connectivity index (χ1v) is 4.78. The topological polar surface area (TPSA) is 62.3 Å². The highest BCUT2D eigenvalue weighted by Gasteiger charge is 2.18. The number of aromatic nitrogens is 1. The summed E-state index contributed by atoms with van der Waals surface area (Å²) in [6, 6.07) is 8.09. The maximum absolute atomic E-state index is 12.0. The molecule has 1 aromatic heterocycles. The SMILES string of the molecule is COc1cccc(O)c1C(=O)c1ccc[nH]1. The van der Waals surface area contributed by atoms with Crippen molar-refractivity contribution in [3.63, 3.8) is 0 Å². The lowest BCUT2D eigenvalue weighted by Gasteiger charge is -2.08. The van der Waals surface area contributed by atoms with Crippen molar-refractivity contribution in [2.45, 2.75) is 0 Å². The smallest absolute Gasteiger partial charge is 0.216 e. The molecule has 4 heteroatoms. The third kappa shape index (κ3) is 1.65. The average Bonchev–Trinajstić information content (AvgIpc) is 2.81. The van der Waals surface area contributed by atoms with Crippen LogP contribution in [0.2, 0.25) is 0 Å². The molecular weight excluding hydrogens is 206 g/mol. The zero-order valence-corrected chi connectivity index (χ0v) is 8.73. The van der Waals surface area contributed by atoms with Crippen LogP contribution in [0.15, 0.2) is 36.5 Å². The molecule has 0 saturated heterocycles. The summed E-state index contributed by atoms with van der Waals surface area (Å²) >= 11 is 0. The minimum absolute atomic E-state index is 0.0843. The van der Waals surface area contributed by atoms with Crippen molar-refractivity contribution in [3.05, 3.63) is 47.8 Å². The number of hydrogen-bond acceptors (Lipinski definition) is 3. The van der Waals surface area contributed by atoms with Gasteiger partial charge >= 0.3 is 0 Å². The highest BCUT2D eigenvalue weighted by molar-refractivity contribution is 6.11. The maximum atomic E-state index is 12.0. The number of phenols is 1. The van der Waals surface area contributed by atoms with Gasteiger partial charge in [0.2, 0.25) is 5.78 Å². The summed E-state index contributed by atoms with van der Waals surface area (Å²) in [6.07, 6.45) is 1.65. The molecule has 82 valence electrons. The van der Waals surface area contributed by atoms with Gasteiger partial charge in [0.15, 0.2) is 0 Å². The van der Waals surface area contributed by atoms with Crippen LogP contribution in [0.3, 0.4) is 0 Å². The average molecular weight is 217 g/mol. The number of ether oxygens (including phenoxy) is 1. The van der Waals surface area contributed by atoms with E-state index >= 15 is 0 Å². The summed E-state index contributed by atoms with van der Waals surface area (Å²) in [6.45, 7) is 0. The van der Waals surface area contributed by atoms with Gasteiger partial charge in [-0.3, -0.25) is 4.79 Å². The third-order valence-corrected chi connectivity index (χ3v) is 2.29. The molecule has 0 spiro atoms. The molecule has 0 saturated carbocycles. The third-order valence-electron chi connectivity index (χ3n) is 2.29. The second kappa shape index (κ2) is 4.10. The summed E-state index contributed by atoms with van der Waals surface area (Å²) < 4.78 is 5.05. The first-order valence-electron chi connectivity index (χ1n) is 4.78. The highest BCUT2D eigenvalue weighted by atomic mass is 16.5. The summed E-state index contributed by atoms with van der Waals surface area (Å²) in [4.78, 5) is 14.8. The molecule has 0 amide bonds. The summed E-state index contributed by atoms with van der Waals surface area (Å²) in [5, 5.41) is 9.68. The Morgan fingerprint density at radius 2 is 2.12 bits per heavy atom. The molecule has 0 aliphatic rings. The lowest BCUT2D eigenvalue weighted by atomic mass is 10.1. The van der Waals surface area contributed by atoms with Crippen molar-refractivity contribution in [1.29, 1.82) is 0 Å². The minimum atomic E-state index is -0.292. The normalized spacial score (nSPS) is 10.1. The van der Waals surface area contributed by atoms with Crippen molar-refractivity contribution >= 4 is 5.78 Å². The van der Waals surface area contributed by atoms with E-state index in [1.54, 1.807) is 30.5 Å². The Morgan fingerprint density at radius 1 is 1.31 bits per heavy atom. The minimum Gasteiger partial charge on any atom is -0.507 e. The summed E-state index contributed by atoms with van der Waals surface area (Å²) in [7, 11) is 1.46. The van der Waals surface area contributed by atoms with E-state index in [0.29, 0.717) is 11.4 Å². The van der Waals surface area contributed by atoms with Crippen LogP contribution in [0.5, 0.6) is 11.5 Å². The van der Waals surface area contributed by atoms with E-state index in [9.17, 15) is 9.90 Å². The fourth-order valence-electron chi connectivity index (χ4n) is 1.52. The van der Waals surface area contributed by atoms with Crippen LogP contribution in [-0.4, -0.2) is 23.0 Å². The van der Waals surface area contributed by atoms with Crippen LogP contribution in [0.1, 0.15) is 16.1 Å². The van der Waals surface area contributed by atoms with Gasteiger partial charge in [-0.2, -0.15) is 0 Å². The van der Waals surface area contributed by atoms with Crippen LogP contribution in [0, 0.1) is 0 Å². The Hall–Kier alpha value is -2.23. The molecule has 1 aromatic carbocycles. The number of aromatic hydroxyl groups is 1. The Balaban J connectivity index is 2.51. The van der Waals surface area contributed by atoms with Gasteiger partial charge in [-0.15, -0.1) is 0 Å². The molecule has 16 heavy (non-hydrogen) atoms. The predicted octanol–water partition coefficient (Wildman–Crippen LogP) is 1.96. The zero-order valence-electron chi connectivity index (χ0n) is 8.73. The van der Waals surface area contributed by atoms with E-state index in [1.165, 1.54) is 13.2 Å². The van der Waals surface area contributed by atoms with Crippen molar-refractivity contribution in [2.75, 3.05) is 7.11 Å². The Bertz CT molecular complexity index is 503. The van der Waals surface area contributed by atoms with Gasteiger partial charge in [-0.05, 0) is 24.3 Å². The van der Waals surface area contributed by atoms with Crippen LogP contribution in [-0.2, 0) is 0 Å². The molecule has 0 aliphatic heterocycles. The molecule has 0 unspecified atom stereocenters. The standard InChI is InChI=1S/C12H11NO3/c1-16-10-6-2-5-9(14)11(10)12(15)8-4-3-7-13-8/h2-7,13-14H,1H3. The first kappa shape index (κ1) is 10.3. The molecule has 0 bridgehead atoms. The van der Waals surface area contributed by atoms with E-state index in [0.717, 1.165) is 0 Å². The molecule has 4 nitrogen and oxygen atoms in total. The number of ketones is 1. The lowest BCUT2D eigenvalue weighted by Crippen LogP contribution is -2.04. The fraction of sp³-hybridized carbons (Fsp3) is 0.0833. The number of carbonyl (C=O) groups is 1. The first-order chi connectivity index (χ1) is 7.74. The van der Waals surface area contributed by atoms with Crippen LogP contribution < -0.4 is 4.74 Å². The Morgan fingerprint density at radius 3 is 2.75 bits per heavy atom. The number of methoxy groups -OCH3 is 1. The Labute approximate surface area is 92.5 Å². The van der Waals surface area contributed by atoms with Gasteiger partial charge in [-0.25, -0.2) is 0 Å². The molecule has 0 aliphatic carbocycles. The summed E-state index contributed by atoms with van der Waals surface area (Å²) in [5.74, 6) is -0.0153. The van der Waals surface area contributed by atoms with E-state index in [1.807, 2.05) is 0 Å². The number of H-pyrrole nitrogens is 1. The molecule has 0 radical (unpaired) electrons. The maximum Gasteiger partial charge on any atom is 0.216 e. The van der Waals surface area contributed by atoms with Crippen LogP contribution in [0.4, 0.5) is 0 Å². The largest absolute Gasteiger partial charge is 0.507 e. The molecular formula is C12H11NO3. The van der Waals surface area contributed by atoms with Crippen LogP contribution in [0.25, 0.3) is 0 Å². The van der Waals surface area contributed by atoms with Crippen LogP contribution >= 0.6 is 0 Å². The van der Waals surface area contributed by atoms with E-state index in [2.05, 4.69) is 4.98 Å². The second-order valence-corrected chi connectivity index (χ2v) is 3.27. The quantitative estimate of drug-likeness (QED) is 0.772. The Kier molecular flexibility index (Phi) is 2.64. The van der Waals surface area contributed by atoms with Crippen molar-refractivity contribution in [2.24, 2.45) is 0 Å². The van der Waals surface area contributed by atoms with Gasteiger partial charge in [0.25, 0.3) is 0 Å². The number of benzene rings is 1. The van der Waals surface area contributed by atoms with Gasteiger partial charge in [-0.1, -0.05) is 6.07 Å². The van der Waals surface area contributed by atoms with Crippen molar-refractivity contribution in [1.82, 2.24) is 4.98 Å². The van der Waals surface area contributed by atoms with Crippen molar-refractivity contribution < 1.29 is 14.6 Å². The summed E-state index contributed by atoms with van der Waals surface area (Å²) in [5.41, 5.74) is 0.590. The number of nitrogens with one attached hydrogen (secondary N) is 1. The zero-order chi connectivity index (χ0) is 11.5. The number of aromatic amines is 1. The second-order valence-electron chi connectivity index (χ2n) is 3.27. The monoisotopic (exact) mass is 217 g/mol. The molecule has 2 rings (SSSR count). The van der Waals surface area contributed by atoms with E-state index < -0.39 is 0 Å². The number of phenolic OH excluding ortho intramolecular Hbond substituents is 1. The van der Waals surface area contributed by atoms with Gasteiger partial charge in [0.05, 0.1) is 12.8 Å². The molecule has 0 atom stereocenters. The molecule has 0 fully saturated rings. The molecule has 1 heterocycles. The highest BCUT2D eigenvalue weighted by Crippen LogP contribution is 2.29.